The maximum atomic E-state index is 3.64. The van der Waals surface area contributed by atoms with Crippen LogP contribution in [0.3, 0.4) is 0 Å². The minimum absolute atomic E-state index is 0.542. The molecule has 0 amide bonds. The Kier molecular flexibility index (Phi) is 4.98. The van der Waals surface area contributed by atoms with Crippen LogP contribution in [0.15, 0.2) is 0 Å². The normalized spacial score (nSPS) is 27.5. The van der Waals surface area contributed by atoms with E-state index < -0.39 is 0 Å². The van der Waals surface area contributed by atoms with E-state index in [1.54, 1.807) is 0 Å². The van der Waals surface area contributed by atoms with Crippen LogP contribution in [0, 0.1) is 5.41 Å². The maximum absolute atomic E-state index is 3.64. The fourth-order valence-electron chi connectivity index (χ4n) is 1.76. The first kappa shape index (κ1) is 11.7. The molecule has 1 heterocycles. The summed E-state index contributed by atoms with van der Waals surface area (Å²) in [4.78, 5) is 0. The molecule has 1 fully saturated rings. The van der Waals surface area contributed by atoms with E-state index in [2.05, 4.69) is 37.2 Å². The van der Waals surface area contributed by atoms with Crippen LogP contribution >= 0.6 is 23.5 Å². The van der Waals surface area contributed by atoms with Crippen LogP contribution < -0.4 is 5.32 Å². The van der Waals surface area contributed by atoms with Gasteiger partial charge in [-0.1, -0.05) is 13.8 Å². The van der Waals surface area contributed by atoms with Gasteiger partial charge in [-0.25, -0.2) is 0 Å². The van der Waals surface area contributed by atoms with E-state index in [4.69, 9.17) is 0 Å². The molecule has 13 heavy (non-hydrogen) atoms. The standard InChI is InChI=1S/C10H21NS2/c1-10(2)6-9(7-13-8-10)11-4-5-12-3/h9,11H,4-8H2,1-3H3. The molecule has 1 N–H and O–H groups in total. The summed E-state index contributed by atoms with van der Waals surface area (Å²) in [6, 6.07) is 0.751. The lowest BCUT2D eigenvalue weighted by Crippen LogP contribution is -2.41. The number of hydrogen-bond donors (Lipinski definition) is 1. The summed E-state index contributed by atoms with van der Waals surface area (Å²) in [6.45, 7) is 5.92. The molecule has 0 aromatic rings. The molecule has 1 aliphatic heterocycles. The van der Waals surface area contributed by atoms with Crippen LogP contribution in [0.25, 0.3) is 0 Å². The van der Waals surface area contributed by atoms with Crippen LogP contribution in [-0.2, 0) is 0 Å². The lowest BCUT2D eigenvalue weighted by Gasteiger charge is -2.35. The summed E-state index contributed by atoms with van der Waals surface area (Å²) < 4.78 is 0. The molecule has 1 rings (SSSR count). The van der Waals surface area contributed by atoms with Gasteiger partial charge in [0.1, 0.15) is 0 Å². The van der Waals surface area contributed by atoms with Gasteiger partial charge < -0.3 is 5.32 Å². The monoisotopic (exact) mass is 219 g/mol. The SMILES string of the molecule is CSCCNC1CSCC(C)(C)C1. The van der Waals surface area contributed by atoms with E-state index in [0.29, 0.717) is 5.41 Å². The summed E-state index contributed by atoms with van der Waals surface area (Å²) in [6.07, 6.45) is 3.51. The van der Waals surface area contributed by atoms with E-state index in [1.807, 2.05) is 11.8 Å². The molecule has 1 atom stereocenters. The number of hydrogen-bond acceptors (Lipinski definition) is 3. The molecule has 0 saturated carbocycles. The molecular weight excluding hydrogens is 198 g/mol. The first-order chi connectivity index (χ1) is 6.14. The third-order valence-electron chi connectivity index (χ3n) is 2.35. The third kappa shape index (κ3) is 4.61. The first-order valence-corrected chi connectivity index (χ1v) is 7.49. The highest BCUT2D eigenvalue weighted by molar-refractivity contribution is 7.99. The van der Waals surface area contributed by atoms with Crippen LogP contribution in [0.4, 0.5) is 0 Å². The molecule has 1 saturated heterocycles. The molecule has 0 spiro atoms. The number of thioether (sulfide) groups is 2. The molecule has 0 aromatic carbocycles. The Hall–Kier alpha value is 0.660. The minimum Gasteiger partial charge on any atom is -0.312 e. The summed E-state index contributed by atoms with van der Waals surface area (Å²) >= 11 is 4.02. The van der Waals surface area contributed by atoms with Gasteiger partial charge in [0.15, 0.2) is 0 Å². The molecular formula is C10H21NS2. The zero-order valence-electron chi connectivity index (χ0n) is 8.93. The topological polar surface area (TPSA) is 12.0 Å². The summed E-state index contributed by atoms with van der Waals surface area (Å²) in [5.74, 6) is 3.87. The van der Waals surface area contributed by atoms with Gasteiger partial charge >= 0.3 is 0 Å². The van der Waals surface area contributed by atoms with Gasteiger partial charge in [0.05, 0.1) is 0 Å². The summed E-state index contributed by atoms with van der Waals surface area (Å²) in [5, 5.41) is 3.64. The van der Waals surface area contributed by atoms with Gasteiger partial charge in [0.2, 0.25) is 0 Å². The van der Waals surface area contributed by atoms with Crippen LogP contribution in [0.5, 0.6) is 0 Å². The van der Waals surface area contributed by atoms with E-state index in [0.717, 1.165) is 6.04 Å². The smallest absolute Gasteiger partial charge is 0.0163 e. The van der Waals surface area contributed by atoms with E-state index in [1.165, 1.54) is 30.2 Å². The van der Waals surface area contributed by atoms with Gasteiger partial charge in [-0.05, 0) is 23.8 Å². The fraction of sp³-hybridized carbons (Fsp3) is 1.00. The maximum Gasteiger partial charge on any atom is 0.0163 e. The molecule has 1 aliphatic rings. The first-order valence-electron chi connectivity index (χ1n) is 4.94. The van der Waals surface area contributed by atoms with Gasteiger partial charge in [-0.3, -0.25) is 0 Å². The van der Waals surface area contributed by atoms with Gasteiger partial charge in [0, 0.05) is 24.1 Å². The zero-order valence-corrected chi connectivity index (χ0v) is 10.6. The van der Waals surface area contributed by atoms with Crippen LogP contribution in [-0.4, -0.2) is 36.1 Å². The highest BCUT2D eigenvalue weighted by atomic mass is 32.2. The number of nitrogens with one attached hydrogen (secondary N) is 1. The average molecular weight is 219 g/mol. The van der Waals surface area contributed by atoms with Crippen molar-refractivity contribution in [1.82, 2.24) is 5.32 Å². The molecule has 0 aromatic heterocycles. The largest absolute Gasteiger partial charge is 0.312 e. The van der Waals surface area contributed by atoms with Crippen molar-refractivity contribution in [2.75, 3.05) is 30.1 Å². The van der Waals surface area contributed by atoms with Crippen molar-refractivity contribution >= 4 is 23.5 Å². The molecule has 0 bridgehead atoms. The summed E-state index contributed by atoms with van der Waals surface area (Å²) in [5.41, 5.74) is 0.542. The van der Waals surface area contributed by atoms with Crippen molar-refractivity contribution in [3.05, 3.63) is 0 Å². The van der Waals surface area contributed by atoms with E-state index in [-0.39, 0.29) is 0 Å². The van der Waals surface area contributed by atoms with Crippen LogP contribution in [0.2, 0.25) is 0 Å². The molecule has 0 radical (unpaired) electrons. The Balaban J connectivity index is 2.19. The Morgan fingerprint density at radius 2 is 2.31 bits per heavy atom. The molecule has 78 valence electrons. The second-order valence-corrected chi connectivity index (χ2v) is 6.54. The fourth-order valence-corrected chi connectivity index (χ4v) is 3.39. The van der Waals surface area contributed by atoms with Gasteiger partial charge in [-0.2, -0.15) is 23.5 Å². The minimum atomic E-state index is 0.542. The highest BCUT2D eigenvalue weighted by Gasteiger charge is 2.27. The summed E-state index contributed by atoms with van der Waals surface area (Å²) in [7, 11) is 0. The lowest BCUT2D eigenvalue weighted by molar-refractivity contribution is 0.321. The second-order valence-electron chi connectivity index (χ2n) is 4.53. The van der Waals surface area contributed by atoms with Crippen molar-refractivity contribution in [3.63, 3.8) is 0 Å². The van der Waals surface area contributed by atoms with Crippen molar-refractivity contribution in [3.8, 4) is 0 Å². The molecule has 3 heteroatoms. The Labute approximate surface area is 90.8 Å². The molecule has 1 unspecified atom stereocenters. The molecule has 1 nitrogen and oxygen atoms in total. The van der Waals surface area contributed by atoms with E-state index in [9.17, 15) is 0 Å². The quantitative estimate of drug-likeness (QED) is 0.730. The Bertz CT molecular complexity index is 148. The van der Waals surface area contributed by atoms with Crippen molar-refractivity contribution < 1.29 is 0 Å². The zero-order chi connectivity index (χ0) is 9.73. The lowest BCUT2D eigenvalue weighted by atomic mass is 9.88. The van der Waals surface area contributed by atoms with Crippen LogP contribution in [0.1, 0.15) is 20.3 Å². The third-order valence-corrected chi connectivity index (χ3v) is 4.59. The second kappa shape index (κ2) is 5.52. The van der Waals surface area contributed by atoms with Gasteiger partial charge in [0.25, 0.3) is 0 Å². The van der Waals surface area contributed by atoms with Crippen molar-refractivity contribution in [2.24, 2.45) is 5.41 Å². The van der Waals surface area contributed by atoms with Crippen molar-refractivity contribution in [1.29, 1.82) is 0 Å². The predicted octanol–water partition coefficient (Wildman–Crippen LogP) is 2.47. The predicted molar refractivity (Wildman–Crippen MR) is 65.9 cm³/mol. The Morgan fingerprint density at radius 3 is 2.92 bits per heavy atom. The number of rotatable bonds is 4. The average Bonchev–Trinajstić information content (AvgIpc) is 2.03. The molecule has 0 aliphatic carbocycles. The van der Waals surface area contributed by atoms with Crippen molar-refractivity contribution in [2.45, 2.75) is 26.3 Å². The van der Waals surface area contributed by atoms with E-state index >= 15 is 0 Å². The highest BCUT2D eigenvalue weighted by Crippen LogP contribution is 2.33. The van der Waals surface area contributed by atoms with Gasteiger partial charge in [-0.15, -0.1) is 0 Å². The Morgan fingerprint density at radius 1 is 1.54 bits per heavy atom.